The lowest BCUT2D eigenvalue weighted by Gasteiger charge is -2.25. The molecule has 112 valence electrons. The van der Waals surface area contributed by atoms with Crippen molar-refractivity contribution in [2.24, 2.45) is 16.3 Å². The average molecular weight is 299 g/mol. The summed E-state index contributed by atoms with van der Waals surface area (Å²) >= 11 is 0. The molecular weight excluding hydrogens is 278 g/mol. The van der Waals surface area contributed by atoms with Gasteiger partial charge < -0.3 is 11.1 Å². The van der Waals surface area contributed by atoms with E-state index >= 15 is 0 Å². The smallest absolute Gasteiger partial charge is 0.241 e. The monoisotopic (exact) mass is 299 g/mol. The Kier molecular flexibility index (Phi) is 4.90. The molecule has 0 saturated heterocycles. The number of carbonyl (C=O) groups is 1. The lowest BCUT2D eigenvalue weighted by atomic mass is 9.87. The second-order valence-electron chi connectivity index (χ2n) is 5.84. The zero-order valence-electron chi connectivity index (χ0n) is 11.9. The van der Waals surface area contributed by atoms with Crippen molar-refractivity contribution >= 4 is 21.6 Å². The fourth-order valence-electron chi connectivity index (χ4n) is 1.53. The predicted octanol–water partition coefficient (Wildman–Crippen LogP) is 0.787. The Balaban J connectivity index is 2.73. The third-order valence-electron chi connectivity index (χ3n) is 2.80. The van der Waals surface area contributed by atoms with E-state index in [2.05, 4.69) is 5.32 Å². The highest BCUT2D eigenvalue weighted by atomic mass is 32.2. The van der Waals surface area contributed by atoms with Crippen LogP contribution in [0.3, 0.4) is 0 Å². The van der Waals surface area contributed by atoms with E-state index in [1.807, 2.05) is 20.8 Å². The molecule has 0 spiro atoms. The van der Waals surface area contributed by atoms with Gasteiger partial charge in [0.25, 0.3) is 0 Å². The summed E-state index contributed by atoms with van der Waals surface area (Å²) in [5.41, 5.74) is 6.64. The molecule has 0 aliphatic heterocycles. The van der Waals surface area contributed by atoms with Gasteiger partial charge in [-0.05, 0) is 23.1 Å². The number of amides is 1. The zero-order chi connectivity index (χ0) is 15.6. The molecule has 0 aromatic heterocycles. The van der Waals surface area contributed by atoms with E-state index in [1.54, 1.807) is 24.3 Å². The summed E-state index contributed by atoms with van der Waals surface area (Å²) < 4.78 is 21.9. The quantitative estimate of drug-likeness (QED) is 0.762. The third kappa shape index (κ3) is 5.28. The highest BCUT2D eigenvalue weighted by molar-refractivity contribution is 7.88. The van der Waals surface area contributed by atoms with Crippen LogP contribution >= 0.6 is 0 Å². The van der Waals surface area contributed by atoms with Crippen molar-refractivity contribution in [2.45, 2.75) is 32.6 Å². The molecule has 0 heterocycles. The van der Waals surface area contributed by atoms with Crippen molar-refractivity contribution < 1.29 is 13.2 Å². The fraction of sp³-hybridized carbons (Fsp3) is 0.462. The Morgan fingerprint density at radius 1 is 1.25 bits per heavy atom. The van der Waals surface area contributed by atoms with E-state index in [1.165, 1.54) is 0 Å². The lowest BCUT2D eigenvalue weighted by Crippen LogP contribution is -2.45. The number of nitrogens with two attached hydrogens (primary N) is 2. The second-order valence-corrected chi connectivity index (χ2v) is 7.45. The lowest BCUT2D eigenvalue weighted by molar-refractivity contribution is -0.119. The maximum Gasteiger partial charge on any atom is 0.241 e. The molecular formula is C13H21N3O3S. The van der Waals surface area contributed by atoms with E-state index in [4.69, 9.17) is 10.9 Å². The van der Waals surface area contributed by atoms with Gasteiger partial charge in [0.2, 0.25) is 15.9 Å². The summed E-state index contributed by atoms with van der Waals surface area (Å²) in [6.45, 7) is 5.64. The van der Waals surface area contributed by atoms with Crippen LogP contribution in [0.25, 0.3) is 0 Å². The summed E-state index contributed by atoms with van der Waals surface area (Å²) in [6, 6.07) is 5.80. The van der Waals surface area contributed by atoms with E-state index < -0.39 is 16.1 Å². The zero-order valence-corrected chi connectivity index (χ0v) is 12.7. The molecule has 0 saturated carbocycles. The molecule has 0 aliphatic carbocycles. The largest absolute Gasteiger partial charge is 0.325 e. The second kappa shape index (κ2) is 5.90. The van der Waals surface area contributed by atoms with Crippen LogP contribution in [0.5, 0.6) is 0 Å². The van der Waals surface area contributed by atoms with Gasteiger partial charge in [-0.15, -0.1) is 0 Å². The molecule has 5 N–H and O–H groups in total. The van der Waals surface area contributed by atoms with Crippen molar-refractivity contribution in [3.8, 4) is 0 Å². The minimum absolute atomic E-state index is 0.233. The minimum Gasteiger partial charge on any atom is -0.325 e. The SMILES string of the molecule is CC(C)(C)C(N)C(=O)Nc1ccc(CS(N)(=O)=O)cc1. The number of nitrogens with one attached hydrogen (secondary N) is 1. The van der Waals surface area contributed by atoms with Gasteiger partial charge in [0, 0.05) is 5.69 Å². The first-order valence-electron chi connectivity index (χ1n) is 6.15. The van der Waals surface area contributed by atoms with Gasteiger partial charge in [-0.2, -0.15) is 0 Å². The third-order valence-corrected chi connectivity index (χ3v) is 3.54. The molecule has 1 rings (SSSR count). The van der Waals surface area contributed by atoms with Crippen LogP contribution in [0.1, 0.15) is 26.3 Å². The van der Waals surface area contributed by atoms with Crippen molar-refractivity contribution in [3.63, 3.8) is 0 Å². The van der Waals surface area contributed by atoms with E-state index in [-0.39, 0.29) is 17.1 Å². The average Bonchev–Trinajstić information content (AvgIpc) is 2.27. The van der Waals surface area contributed by atoms with E-state index in [9.17, 15) is 13.2 Å². The number of rotatable bonds is 4. The number of carbonyl (C=O) groups excluding carboxylic acids is 1. The molecule has 6 nitrogen and oxygen atoms in total. The van der Waals surface area contributed by atoms with E-state index in [0.717, 1.165) is 0 Å². The predicted molar refractivity (Wildman–Crippen MR) is 79.3 cm³/mol. The van der Waals surface area contributed by atoms with Gasteiger partial charge in [-0.1, -0.05) is 32.9 Å². The Hall–Kier alpha value is -1.44. The Morgan fingerprint density at radius 2 is 1.75 bits per heavy atom. The van der Waals surface area contributed by atoms with Crippen LogP contribution in [0.15, 0.2) is 24.3 Å². The Bertz CT molecular complexity index is 574. The van der Waals surface area contributed by atoms with Gasteiger partial charge in [0.1, 0.15) is 0 Å². The van der Waals surface area contributed by atoms with Gasteiger partial charge in [0.05, 0.1) is 11.8 Å². The molecule has 1 aromatic carbocycles. The van der Waals surface area contributed by atoms with Crippen molar-refractivity contribution in [3.05, 3.63) is 29.8 Å². The molecule has 1 aromatic rings. The summed E-state index contributed by atoms with van der Waals surface area (Å²) in [6.07, 6.45) is 0. The molecule has 0 fully saturated rings. The van der Waals surface area contributed by atoms with Crippen LogP contribution in [-0.4, -0.2) is 20.4 Å². The van der Waals surface area contributed by atoms with Gasteiger partial charge in [0.15, 0.2) is 0 Å². The maximum atomic E-state index is 11.9. The number of hydrogen-bond donors (Lipinski definition) is 3. The maximum absolute atomic E-state index is 11.9. The Morgan fingerprint density at radius 3 is 2.15 bits per heavy atom. The van der Waals surface area contributed by atoms with Crippen LogP contribution in [0.2, 0.25) is 0 Å². The Labute approximate surface area is 119 Å². The number of benzene rings is 1. The summed E-state index contributed by atoms with van der Waals surface area (Å²) in [4.78, 5) is 11.9. The molecule has 0 aliphatic rings. The van der Waals surface area contributed by atoms with Crippen molar-refractivity contribution in [1.82, 2.24) is 0 Å². The summed E-state index contributed by atoms with van der Waals surface area (Å²) in [5.74, 6) is -0.514. The summed E-state index contributed by atoms with van der Waals surface area (Å²) in [5, 5.41) is 7.65. The number of sulfonamides is 1. The van der Waals surface area contributed by atoms with Gasteiger partial charge in [-0.3, -0.25) is 4.79 Å². The standard InChI is InChI=1S/C13H21N3O3S/c1-13(2,3)11(14)12(17)16-10-6-4-9(5-7-10)8-20(15,18)19/h4-7,11H,8,14H2,1-3H3,(H,16,17)(H2,15,18,19). The molecule has 0 bridgehead atoms. The van der Waals surface area contributed by atoms with Crippen LogP contribution < -0.4 is 16.2 Å². The topological polar surface area (TPSA) is 115 Å². The van der Waals surface area contributed by atoms with Crippen molar-refractivity contribution in [2.75, 3.05) is 5.32 Å². The van der Waals surface area contributed by atoms with Gasteiger partial charge >= 0.3 is 0 Å². The summed E-state index contributed by atoms with van der Waals surface area (Å²) in [7, 11) is -3.55. The molecule has 7 heteroatoms. The number of primary sulfonamides is 1. The normalized spacial score (nSPS) is 13.8. The first kappa shape index (κ1) is 16.6. The molecule has 1 amide bonds. The first-order chi connectivity index (χ1) is 8.99. The first-order valence-corrected chi connectivity index (χ1v) is 7.86. The van der Waals surface area contributed by atoms with Crippen LogP contribution in [0.4, 0.5) is 5.69 Å². The molecule has 1 unspecified atom stereocenters. The number of anilines is 1. The van der Waals surface area contributed by atoms with Crippen molar-refractivity contribution in [1.29, 1.82) is 0 Å². The molecule has 1 atom stereocenters. The minimum atomic E-state index is -3.55. The van der Waals surface area contributed by atoms with Crippen LogP contribution in [-0.2, 0) is 20.6 Å². The molecule has 20 heavy (non-hydrogen) atoms. The molecule has 0 radical (unpaired) electrons. The van der Waals surface area contributed by atoms with Crippen LogP contribution in [0, 0.1) is 5.41 Å². The van der Waals surface area contributed by atoms with E-state index in [0.29, 0.717) is 11.3 Å². The fourth-order valence-corrected chi connectivity index (χ4v) is 2.19. The highest BCUT2D eigenvalue weighted by Gasteiger charge is 2.27. The van der Waals surface area contributed by atoms with Gasteiger partial charge in [-0.25, -0.2) is 13.6 Å². The highest BCUT2D eigenvalue weighted by Crippen LogP contribution is 2.19. The number of hydrogen-bond acceptors (Lipinski definition) is 4.